The molecule has 1 aromatic carbocycles. The topological polar surface area (TPSA) is 66.8 Å². The van der Waals surface area contributed by atoms with Crippen LogP contribution in [-0.2, 0) is 16.0 Å². The Morgan fingerprint density at radius 1 is 0.880 bits per heavy atom. The van der Waals surface area contributed by atoms with Crippen molar-refractivity contribution in [2.75, 3.05) is 6.61 Å². The quantitative estimate of drug-likeness (QED) is 0.264. The van der Waals surface area contributed by atoms with Gasteiger partial charge in [-0.05, 0) is 24.1 Å². The average Bonchev–Trinajstić information content (AvgIpc) is 2.59. The van der Waals surface area contributed by atoms with Crippen molar-refractivity contribution in [3.8, 4) is 11.5 Å². The molecule has 0 aliphatic heterocycles. The van der Waals surface area contributed by atoms with Crippen molar-refractivity contribution in [3.63, 3.8) is 0 Å². The summed E-state index contributed by atoms with van der Waals surface area (Å²) >= 11 is 0. The second-order valence-corrected chi connectivity index (χ2v) is 6.73. The van der Waals surface area contributed by atoms with Gasteiger partial charge in [0.15, 0.2) is 11.5 Å². The average molecular weight is 350 g/mol. The first-order chi connectivity index (χ1) is 12.1. The number of phenols is 2. The largest absolute Gasteiger partial charge is 0.504 e. The van der Waals surface area contributed by atoms with E-state index in [-0.39, 0.29) is 17.5 Å². The van der Waals surface area contributed by atoms with Gasteiger partial charge < -0.3 is 14.9 Å². The summed E-state index contributed by atoms with van der Waals surface area (Å²) in [6.45, 7) is 2.55. The van der Waals surface area contributed by atoms with Crippen molar-refractivity contribution in [2.24, 2.45) is 0 Å². The van der Waals surface area contributed by atoms with Crippen LogP contribution in [-0.4, -0.2) is 22.8 Å². The van der Waals surface area contributed by atoms with Gasteiger partial charge in [0.25, 0.3) is 0 Å². The Hall–Kier alpha value is -1.71. The van der Waals surface area contributed by atoms with Crippen LogP contribution in [0.4, 0.5) is 0 Å². The van der Waals surface area contributed by atoms with Crippen LogP contribution in [0, 0.1) is 0 Å². The Kier molecular flexibility index (Phi) is 11.6. The van der Waals surface area contributed by atoms with Crippen LogP contribution in [0.25, 0.3) is 0 Å². The molecule has 0 saturated carbocycles. The molecule has 0 amide bonds. The lowest BCUT2D eigenvalue weighted by Crippen LogP contribution is -2.07. The second-order valence-electron chi connectivity index (χ2n) is 6.73. The zero-order valence-electron chi connectivity index (χ0n) is 15.6. The van der Waals surface area contributed by atoms with Crippen LogP contribution in [0.1, 0.15) is 83.1 Å². The predicted octanol–water partition coefficient (Wildman–Crippen LogP) is 5.49. The van der Waals surface area contributed by atoms with Crippen molar-refractivity contribution in [1.82, 2.24) is 0 Å². The van der Waals surface area contributed by atoms with Gasteiger partial charge >= 0.3 is 5.97 Å². The molecule has 0 fully saturated rings. The van der Waals surface area contributed by atoms with Gasteiger partial charge in [0.1, 0.15) is 0 Å². The molecule has 4 nitrogen and oxygen atoms in total. The maximum absolute atomic E-state index is 11.7. The number of phenolic OH excluding ortho intramolecular Hbond substituents is 2. The number of benzene rings is 1. The van der Waals surface area contributed by atoms with E-state index in [2.05, 4.69) is 6.92 Å². The summed E-state index contributed by atoms with van der Waals surface area (Å²) in [6.07, 6.45) is 13.5. The highest BCUT2D eigenvalue weighted by atomic mass is 16.5. The lowest BCUT2D eigenvalue weighted by molar-refractivity contribution is -0.143. The van der Waals surface area contributed by atoms with Gasteiger partial charge in [-0.2, -0.15) is 0 Å². The van der Waals surface area contributed by atoms with E-state index in [0.717, 1.165) is 18.4 Å². The number of aromatic hydroxyl groups is 2. The number of ether oxygens (including phenoxy) is 1. The van der Waals surface area contributed by atoms with E-state index in [0.29, 0.717) is 19.4 Å². The molecular weight excluding hydrogens is 316 g/mol. The Bertz CT molecular complexity index is 485. The fraction of sp³-hybridized carbons (Fsp3) is 0.667. The zero-order chi connectivity index (χ0) is 18.3. The molecule has 0 aromatic heterocycles. The number of unbranched alkanes of at least 4 members (excludes halogenated alkanes) is 9. The highest BCUT2D eigenvalue weighted by Crippen LogP contribution is 2.25. The highest BCUT2D eigenvalue weighted by molar-refractivity contribution is 5.69. The monoisotopic (exact) mass is 350 g/mol. The molecule has 0 saturated heterocycles. The van der Waals surface area contributed by atoms with Gasteiger partial charge in [-0.15, -0.1) is 0 Å². The minimum absolute atomic E-state index is 0.137. The van der Waals surface area contributed by atoms with Gasteiger partial charge in [-0.1, -0.05) is 70.8 Å². The summed E-state index contributed by atoms with van der Waals surface area (Å²) in [5.41, 5.74) is 0.835. The molecule has 0 unspecified atom stereocenters. The Morgan fingerprint density at radius 2 is 1.48 bits per heavy atom. The third-order valence-corrected chi connectivity index (χ3v) is 4.43. The summed E-state index contributed by atoms with van der Waals surface area (Å²) in [5, 5.41) is 18.7. The van der Waals surface area contributed by atoms with Crippen LogP contribution in [0.15, 0.2) is 18.2 Å². The Balaban J connectivity index is 1.94. The molecule has 25 heavy (non-hydrogen) atoms. The Labute approximate surface area is 152 Å². The van der Waals surface area contributed by atoms with Crippen molar-refractivity contribution < 1.29 is 19.7 Å². The van der Waals surface area contributed by atoms with E-state index in [4.69, 9.17) is 4.74 Å². The molecule has 4 heteroatoms. The van der Waals surface area contributed by atoms with Crippen LogP contribution < -0.4 is 0 Å². The molecule has 2 N–H and O–H groups in total. The Morgan fingerprint density at radius 3 is 2.08 bits per heavy atom. The van der Waals surface area contributed by atoms with Gasteiger partial charge in [0, 0.05) is 12.8 Å². The highest BCUT2D eigenvalue weighted by Gasteiger charge is 2.05. The number of hydrogen-bond donors (Lipinski definition) is 2. The number of hydrogen-bond acceptors (Lipinski definition) is 4. The van der Waals surface area contributed by atoms with Crippen LogP contribution in [0.3, 0.4) is 0 Å². The van der Waals surface area contributed by atoms with E-state index < -0.39 is 0 Å². The third kappa shape index (κ3) is 10.7. The molecule has 1 rings (SSSR count). The normalized spacial score (nSPS) is 10.8. The van der Waals surface area contributed by atoms with Crippen LogP contribution >= 0.6 is 0 Å². The molecule has 0 bridgehead atoms. The number of rotatable bonds is 14. The summed E-state index contributed by atoms with van der Waals surface area (Å²) in [6, 6.07) is 4.65. The summed E-state index contributed by atoms with van der Waals surface area (Å²) in [7, 11) is 0. The van der Waals surface area contributed by atoms with E-state index >= 15 is 0 Å². The molecule has 0 heterocycles. The molecule has 0 aliphatic carbocycles. The number of esters is 1. The first kappa shape index (κ1) is 21.3. The van der Waals surface area contributed by atoms with Crippen molar-refractivity contribution in [3.05, 3.63) is 23.8 Å². The van der Waals surface area contributed by atoms with E-state index in [1.54, 1.807) is 6.07 Å². The standard InChI is InChI=1S/C21H34O4/c1-2-3-4-5-6-7-8-9-10-11-12-21(24)25-16-15-18-13-14-19(22)20(23)17-18/h13-14,17,22-23H,2-12,15-16H2,1H3. The second kappa shape index (κ2) is 13.6. The fourth-order valence-corrected chi connectivity index (χ4v) is 2.84. The van der Waals surface area contributed by atoms with Crippen LogP contribution in [0.5, 0.6) is 11.5 Å². The number of carbonyl (C=O) groups excluding carboxylic acids is 1. The summed E-state index contributed by atoms with van der Waals surface area (Å²) < 4.78 is 5.22. The van der Waals surface area contributed by atoms with E-state index in [1.165, 1.54) is 63.5 Å². The van der Waals surface area contributed by atoms with E-state index in [1.807, 2.05) is 0 Å². The van der Waals surface area contributed by atoms with Gasteiger partial charge in [-0.3, -0.25) is 4.79 Å². The molecule has 0 spiro atoms. The first-order valence-corrected chi connectivity index (χ1v) is 9.80. The summed E-state index contributed by atoms with van der Waals surface area (Å²) in [5.74, 6) is -0.432. The maximum Gasteiger partial charge on any atom is 0.305 e. The molecule has 0 aliphatic rings. The smallest absolute Gasteiger partial charge is 0.305 e. The number of carbonyl (C=O) groups is 1. The zero-order valence-corrected chi connectivity index (χ0v) is 15.6. The molecule has 0 radical (unpaired) electrons. The van der Waals surface area contributed by atoms with Crippen molar-refractivity contribution in [1.29, 1.82) is 0 Å². The molecular formula is C21H34O4. The molecule has 0 atom stereocenters. The maximum atomic E-state index is 11.7. The minimum atomic E-state index is -0.150. The van der Waals surface area contributed by atoms with Crippen molar-refractivity contribution >= 4 is 5.97 Å². The molecule has 142 valence electrons. The third-order valence-electron chi connectivity index (χ3n) is 4.43. The minimum Gasteiger partial charge on any atom is -0.504 e. The first-order valence-electron chi connectivity index (χ1n) is 9.80. The van der Waals surface area contributed by atoms with Gasteiger partial charge in [0.2, 0.25) is 0 Å². The fourth-order valence-electron chi connectivity index (χ4n) is 2.84. The predicted molar refractivity (Wildman–Crippen MR) is 101 cm³/mol. The SMILES string of the molecule is CCCCCCCCCCCCC(=O)OCCc1ccc(O)c(O)c1. The lowest BCUT2D eigenvalue weighted by atomic mass is 10.1. The van der Waals surface area contributed by atoms with Crippen molar-refractivity contribution in [2.45, 2.75) is 84.0 Å². The van der Waals surface area contributed by atoms with E-state index in [9.17, 15) is 15.0 Å². The molecule has 1 aromatic rings. The van der Waals surface area contributed by atoms with Gasteiger partial charge in [-0.25, -0.2) is 0 Å². The lowest BCUT2D eigenvalue weighted by Gasteiger charge is -2.06. The van der Waals surface area contributed by atoms with Gasteiger partial charge in [0.05, 0.1) is 6.61 Å². The summed E-state index contributed by atoms with van der Waals surface area (Å²) in [4.78, 5) is 11.7. The van der Waals surface area contributed by atoms with Crippen LogP contribution in [0.2, 0.25) is 0 Å².